The first-order valence-electron chi connectivity index (χ1n) is 4.50. The fourth-order valence-electron chi connectivity index (χ4n) is 1.63. The predicted molar refractivity (Wildman–Crippen MR) is 53.2 cm³/mol. The third-order valence-electron chi connectivity index (χ3n) is 2.29. The molecule has 0 saturated carbocycles. The van der Waals surface area contributed by atoms with Crippen LogP contribution >= 0.6 is 0 Å². The lowest BCUT2D eigenvalue weighted by molar-refractivity contribution is 0.798. The summed E-state index contributed by atoms with van der Waals surface area (Å²) in [5.74, 6) is 0. The van der Waals surface area contributed by atoms with Crippen LogP contribution in [0.3, 0.4) is 0 Å². The highest BCUT2D eigenvalue weighted by atomic mass is 14.6. The van der Waals surface area contributed by atoms with E-state index in [1.54, 1.807) is 0 Å². The van der Waals surface area contributed by atoms with E-state index in [9.17, 15) is 0 Å². The first-order chi connectivity index (χ1) is 5.66. The molecule has 1 atom stereocenters. The number of hydrogen-bond acceptors (Lipinski definition) is 1. The normalized spacial score (nSPS) is 13.0. The maximum absolute atomic E-state index is 5.86. The van der Waals surface area contributed by atoms with Gasteiger partial charge in [-0.05, 0) is 37.0 Å². The van der Waals surface area contributed by atoms with Crippen LogP contribution < -0.4 is 5.73 Å². The van der Waals surface area contributed by atoms with Crippen LogP contribution in [-0.4, -0.2) is 0 Å². The topological polar surface area (TPSA) is 26.0 Å². The quantitative estimate of drug-likeness (QED) is 0.712. The van der Waals surface area contributed by atoms with Gasteiger partial charge >= 0.3 is 0 Å². The summed E-state index contributed by atoms with van der Waals surface area (Å²) in [6.07, 6.45) is 1.07. The minimum atomic E-state index is 0.153. The molecule has 0 aromatic heterocycles. The van der Waals surface area contributed by atoms with Gasteiger partial charge in [0.25, 0.3) is 0 Å². The summed E-state index contributed by atoms with van der Waals surface area (Å²) in [7, 11) is 0. The molecule has 0 amide bonds. The van der Waals surface area contributed by atoms with Gasteiger partial charge in [-0.15, -0.1) is 0 Å². The highest BCUT2D eigenvalue weighted by Gasteiger charge is 2.06. The third kappa shape index (κ3) is 1.67. The van der Waals surface area contributed by atoms with E-state index in [4.69, 9.17) is 5.73 Å². The Hall–Kier alpha value is -0.820. The van der Waals surface area contributed by atoms with Gasteiger partial charge in [0.05, 0.1) is 0 Å². The van der Waals surface area contributed by atoms with Crippen LogP contribution in [-0.2, 0) is 6.42 Å². The molecule has 0 saturated heterocycles. The minimum absolute atomic E-state index is 0.153. The van der Waals surface area contributed by atoms with Gasteiger partial charge < -0.3 is 5.73 Å². The van der Waals surface area contributed by atoms with E-state index in [2.05, 4.69) is 32.0 Å². The monoisotopic (exact) mass is 163 g/mol. The summed E-state index contributed by atoms with van der Waals surface area (Å²) < 4.78 is 0. The van der Waals surface area contributed by atoms with Gasteiger partial charge in [0.15, 0.2) is 0 Å². The summed E-state index contributed by atoms with van der Waals surface area (Å²) in [6, 6.07) is 6.49. The van der Waals surface area contributed by atoms with E-state index in [-0.39, 0.29) is 6.04 Å². The average molecular weight is 163 g/mol. The van der Waals surface area contributed by atoms with Crippen molar-refractivity contribution in [3.8, 4) is 0 Å². The Labute approximate surface area is 74.6 Å². The molecule has 1 aromatic carbocycles. The summed E-state index contributed by atoms with van der Waals surface area (Å²) in [5, 5.41) is 0. The molecule has 0 bridgehead atoms. The average Bonchev–Trinajstić information content (AvgIpc) is 2.03. The molecule has 0 aliphatic rings. The number of aryl methyl sites for hydroxylation is 1. The molecule has 0 fully saturated rings. The number of hydrogen-bond donors (Lipinski definition) is 1. The molecule has 0 aliphatic heterocycles. The van der Waals surface area contributed by atoms with Crippen molar-refractivity contribution in [2.45, 2.75) is 33.2 Å². The molecule has 1 nitrogen and oxygen atoms in total. The highest BCUT2D eigenvalue weighted by molar-refractivity contribution is 5.36. The Morgan fingerprint density at radius 2 is 2.08 bits per heavy atom. The Kier molecular flexibility index (Phi) is 2.88. The van der Waals surface area contributed by atoms with Crippen LogP contribution in [0.5, 0.6) is 0 Å². The van der Waals surface area contributed by atoms with Crippen LogP contribution in [0.1, 0.15) is 36.6 Å². The Morgan fingerprint density at radius 1 is 1.42 bits per heavy atom. The summed E-state index contributed by atoms with van der Waals surface area (Å²) in [6.45, 7) is 6.35. The van der Waals surface area contributed by atoms with E-state index < -0.39 is 0 Å². The second-order valence-corrected chi connectivity index (χ2v) is 3.28. The number of nitrogens with two attached hydrogens (primary N) is 1. The Bertz CT molecular complexity index is 264. The van der Waals surface area contributed by atoms with Gasteiger partial charge in [-0.1, -0.05) is 25.1 Å². The highest BCUT2D eigenvalue weighted by Crippen LogP contribution is 2.19. The van der Waals surface area contributed by atoms with Crippen LogP contribution in [0.25, 0.3) is 0 Å². The molecule has 1 unspecified atom stereocenters. The molecule has 0 heterocycles. The Balaban J connectivity index is 3.18. The second kappa shape index (κ2) is 3.72. The fourth-order valence-corrected chi connectivity index (χ4v) is 1.63. The lowest BCUT2D eigenvalue weighted by Crippen LogP contribution is -2.08. The molecule has 1 rings (SSSR count). The molecule has 2 N–H and O–H groups in total. The third-order valence-corrected chi connectivity index (χ3v) is 2.29. The maximum Gasteiger partial charge on any atom is 0.0268 e. The summed E-state index contributed by atoms with van der Waals surface area (Å²) in [4.78, 5) is 0. The summed E-state index contributed by atoms with van der Waals surface area (Å²) in [5.41, 5.74) is 9.91. The molecule has 12 heavy (non-hydrogen) atoms. The minimum Gasteiger partial charge on any atom is -0.324 e. The SMILES string of the molecule is CCc1c(C)cccc1C(C)N. The van der Waals surface area contributed by atoms with Crippen molar-refractivity contribution < 1.29 is 0 Å². The van der Waals surface area contributed by atoms with Crippen LogP contribution in [0.4, 0.5) is 0 Å². The fraction of sp³-hybridized carbons (Fsp3) is 0.455. The van der Waals surface area contributed by atoms with Crippen LogP contribution in [0, 0.1) is 6.92 Å². The second-order valence-electron chi connectivity index (χ2n) is 3.28. The largest absolute Gasteiger partial charge is 0.324 e. The molecular weight excluding hydrogens is 146 g/mol. The van der Waals surface area contributed by atoms with E-state index in [0.29, 0.717) is 0 Å². The first-order valence-corrected chi connectivity index (χ1v) is 4.50. The number of benzene rings is 1. The van der Waals surface area contributed by atoms with Crippen molar-refractivity contribution in [3.05, 3.63) is 34.9 Å². The van der Waals surface area contributed by atoms with Gasteiger partial charge in [-0.3, -0.25) is 0 Å². The zero-order valence-corrected chi connectivity index (χ0v) is 8.09. The van der Waals surface area contributed by atoms with Crippen molar-refractivity contribution in [1.29, 1.82) is 0 Å². The van der Waals surface area contributed by atoms with E-state index in [1.807, 2.05) is 6.92 Å². The van der Waals surface area contributed by atoms with E-state index >= 15 is 0 Å². The molecular formula is C11H17N. The van der Waals surface area contributed by atoms with E-state index in [0.717, 1.165) is 6.42 Å². The number of rotatable bonds is 2. The zero-order valence-electron chi connectivity index (χ0n) is 8.09. The zero-order chi connectivity index (χ0) is 9.14. The van der Waals surface area contributed by atoms with Crippen molar-refractivity contribution in [2.24, 2.45) is 5.73 Å². The van der Waals surface area contributed by atoms with E-state index in [1.165, 1.54) is 16.7 Å². The Morgan fingerprint density at radius 3 is 2.50 bits per heavy atom. The molecule has 66 valence electrons. The van der Waals surface area contributed by atoms with Crippen LogP contribution in [0.2, 0.25) is 0 Å². The standard InChI is InChI=1S/C11H17N/c1-4-10-8(2)6-5-7-11(10)9(3)12/h5-7,9H,4,12H2,1-3H3. The molecule has 0 aliphatic carbocycles. The lowest BCUT2D eigenvalue weighted by Gasteiger charge is -2.13. The molecule has 1 aromatic rings. The van der Waals surface area contributed by atoms with Crippen molar-refractivity contribution in [1.82, 2.24) is 0 Å². The summed E-state index contributed by atoms with van der Waals surface area (Å²) >= 11 is 0. The van der Waals surface area contributed by atoms with Crippen molar-refractivity contribution in [2.75, 3.05) is 0 Å². The van der Waals surface area contributed by atoms with Gasteiger partial charge in [-0.2, -0.15) is 0 Å². The van der Waals surface area contributed by atoms with Gasteiger partial charge in [-0.25, -0.2) is 0 Å². The first kappa shape index (κ1) is 9.27. The van der Waals surface area contributed by atoms with Gasteiger partial charge in [0.2, 0.25) is 0 Å². The molecule has 0 spiro atoms. The van der Waals surface area contributed by atoms with Gasteiger partial charge in [0.1, 0.15) is 0 Å². The predicted octanol–water partition coefficient (Wildman–Crippen LogP) is 2.58. The smallest absolute Gasteiger partial charge is 0.0268 e. The maximum atomic E-state index is 5.86. The molecule has 1 heteroatoms. The van der Waals surface area contributed by atoms with Crippen molar-refractivity contribution >= 4 is 0 Å². The van der Waals surface area contributed by atoms with Gasteiger partial charge in [0, 0.05) is 6.04 Å². The lowest BCUT2D eigenvalue weighted by atomic mass is 9.96. The van der Waals surface area contributed by atoms with Crippen LogP contribution in [0.15, 0.2) is 18.2 Å². The van der Waals surface area contributed by atoms with Crippen molar-refractivity contribution in [3.63, 3.8) is 0 Å². The molecule has 0 radical (unpaired) electrons.